The molecule has 1 fully saturated rings. The van der Waals surface area contributed by atoms with Crippen LogP contribution in [0.15, 0.2) is 24.3 Å². The van der Waals surface area contributed by atoms with Crippen LogP contribution in [0.1, 0.15) is 23.2 Å². The molecule has 1 heterocycles. The molecular weight excluding hydrogens is 239 g/mol. The van der Waals surface area contributed by atoms with Crippen LogP contribution >= 0.6 is 0 Å². The van der Waals surface area contributed by atoms with Crippen molar-refractivity contribution < 1.29 is 18.8 Å². The molecule has 1 aliphatic rings. The summed E-state index contributed by atoms with van der Waals surface area (Å²) in [5.74, 6) is -1.94. The fraction of sp³-hybridized carbons (Fsp3) is 0.250. The molecule has 6 heteroatoms. The van der Waals surface area contributed by atoms with Crippen LogP contribution < -0.4 is 10.6 Å². The molecule has 1 atom stereocenters. The average Bonchev–Trinajstić information content (AvgIpc) is 2.32. The van der Waals surface area contributed by atoms with Crippen molar-refractivity contribution in [3.05, 3.63) is 35.6 Å². The summed E-state index contributed by atoms with van der Waals surface area (Å²) in [4.78, 5) is 34.1. The van der Waals surface area contributed by atoms with E-state index >= 15 is 0 Å². The lowest BCUT2D eigenvalue weighted by Crippen LogP contribution is -2.52. The zero-order chi connectivity index (χ0) is 13.1. The fourth-order valence-corrected chi connectivity index (χ4v) is 1.70. The number of hydrogen-bond donors (Lipinski definition) is 2. The van der Waals surface area contributed by atoms with Gasteiger partial charge in [0.25, 0.3) is 5.91 Å². The monoisotopic (exact) mass is 250 g/mol. The molecule has 0 saturated carbocycles. The van der Waals surface area contributed by atoms with Crippen molar-refractivity contribution in [2.24, 2.45) is 0 Å². The molecule has 3 amide bonds. The van der Waals surface area contributed by atoms with Crippen LogP contribution in [0.3, 0.4) is 0 Å². The number of amides is 3. The summed E-state index contributed by atoms with van der Waals surface area (Å²) in [6, 6.07) is 4.42. The predicted molar refractivity (Wildman–Crippen MR) is 60.0 cm³/mol. The number of imide groups is 1. The van der Waals surface area contributed by atoms with Crippen molar-refractivity contribution in [2.75, 3.05) is 0 Å². The summed E-state index contributed by atoms with van der Waals surface area (Å²) in [6.07, 6.45) is 0.436. The maximum Gasteiger partial charge on any atom is 0.252 e. The Hall–Kier alpha value is -2.24. The Balaban J connectivity index is 2.03. The minimum atomic E-state index is -0.751. The van der Waals surface area contributed by atoms with Gasteiger partial charge in [0, 0.05) is 12.0 Å². The Kier molecular flexibility index (Phi) is 3.36. The van der Waals surface area contributed by atoms with Crippen LogP contribution in [0.2, 0.25) is 0 Å². The van der Waals surface area contributed by atoms with E-state index in [1.807, 2.05) is 0 Å². The minimum absolute atomic E-state index is 0.139. The number of rotatable bonds is 2. The Bertz CT molecular complexity index is 516. The molecule has 5 nitrogen and oxygen atoms in total. The van der Waals surface area contributed by atoms with Gasteiger partial charge in [0.15, 0.2) is 0 Å². The van der Waals surface area contributed by atoms with Crippen molar-refractivity contribution >= 4 is 17.7 Å². The molecule has 2 N–H and O–H groups in total. The number of carbonyl (C=O) groups excluding carboxylic acids is 3. The number of piperidine rings is 1. The number of carbonyl (C=O) groups is 3. The third-order valence-corrected chi connectivity index (χ3v) is 2.63. The fourth-order valence-electron chi connectivity index (χ4n) is 1.70. The summed E-state index contributed by atoms with van der Waals surface area (Å²) >= 11 is 0. The van der Waals surface area contributed by atoms with Crippen LogP contribution in [0.5, 0.6) is 0 Å². The van der Waals surface area contributed by atoms with E-state index < -0.39 is 23.7 Å². The lowest BCUT2D eigenvalue weighted by atomic mass is 10.1. The first-order chi connectivity index (χ1) is 8.56. The van der Waals surface area contributed by atoms with E-state index in [0.717, 1.165) is 6.07 Å². The van der Waals surface area contributed by atoms with E-state index in [0.29, 0.717) is 0 Å². The van der Waals surface area contributed by atoms with Crippen molar-refractivity contribution in [2.45, 2.75) is 18.9 Å². The number of halogens is 1. The average molecular weight is 250 g/mol. The summed E-state index contributed by atoms with van der Waals surface area (Å²) in [6.45, 7) is 0. The number of hydrogen-bond acceptors (Lipinski definition) is 3. The van der Waals surface area contributed by atoms with Crippen LogP contribution in [0, 0.1) is 5.82 Å². The van der Waals surface area contributed by atoms with Crippen LogP contribution in [0.25, 0.3) is 0 Å². The van der Waals surface area contributed by atoms with E-state index in [1.165, 1.54) is 18.2 Å². The van der Waals surface area contributed by atoms with Crippen molar-refractivity contribution in [1.29, 1.82) is 0 Å². The van der Waals surface area contributed by atoms with E-state index in [1.54, 1.807) is 0 Å². The van der Waals surface area contributed by atoms with Crippen LogP contribution in [-0.4, -0.2) is 23.8 Å². The van der Waals surface area contributed by atoms with Gasteiger partial charge in [-0.1, -0.05) is 6.07 Å². The largest absolute Gasteiger partial charge is 0.340 e. The topological polar surface area (TPSA) is 75.3 Å². The van der Waals surface area contributed by atoms with E-state index in [2.05, 4.69) is 10.6 Å². The second-order valence-corrected chi connectivity index (χ2v) is 3.99. The second kappa shape index (κ2) is 4.95. The molecule has 1 aliphatic heterocycles. The van der Waals surface area contributed by atoms with E-state index in [4.69, 9.17) is 0 Å². The van der Waals surface area contributed by atoms with Gasteiger partial charge in [-0.25, -0.2) is 4.39 Å². The summed E-state index contributed by atoms with van der Waals surface area (Å²) in [5.41, 5.74) is 0.139. The molecule has 18 heavy (non-hydrogen) atoms. The van der Waals surface area contributed by atoms with Gasteiger partial charge in [-0.05, 0) is 24.6 Å². The zero-order valence-corrected chi connectivity index (χ0v) is 9.40. The Morgan fingerprint density at radius 2 is 2.17 bits per heavy atom. The van der Waals surface area contributed by atoms with Crippen molar-refractivity contribution in [3.8, 4) is 0 Å². The highest BCUT2D eigenvalue weighted by atomic mass is 19.1. The maximum atomic E-state index is 12.9. The van der Waals surface area contributed by atoms with E-state index in [-0.39, 0.29) is 24.3 Å². The summed E-state index contributed by atoms with van der Waals surface area (Å²) < 4.78 is 12.9. The Morgan fingerprint density at radius 3 is 2.83 bits per heavy atom. The first-order valence-electron chi connectivity index (χ1n) is 5.46. The summed E-state index contributed by atoms with van der Waals surface area (Å²) in [5, 5.41) is 4.59. The molecule has 1 aromatic rings. The van der Waals surface area contributed by atoms with Gasteiger partial charge < -0.3 is 5.32 Å². The van der Waals surface area contributed by atoms with Crippen molar-refractivity contribution in [1.82, 2.24) is 10.6 Å². The molecule has 94 valence electrons. The molecule has 2 rings (SSSR count). The molecule has 0 spiro atoms. The third kappa shape index (κ3) is 2.71. The molecular formula is C12H11FN2O3. The molecule has 0 bridgehead atoms. The predicted octanol–water partition coefficient (Wildman–Crippen LogP) is 0.361. The van der Waals surface area contributed by atoms with Gasteiger partial charge in [0.05, 0.1) is 0 Å². The highest BCUT2D eigenvalue weighted by molar-refractivity contribution is 6.03. The molecule has 1 saturated heterocycles. The first-order valence-corrected chi connectivity index (χ1v) is 5.46. The number of nitrogens with one attached hydrogen (secondary N) is 2. The van der Waals surface area contributed by atoms with Crippen molar-refractivity contribution in [3.63, 3.8) is 0 Å². The molecule has 0 aliphatic carbocycles. The Morgan fingerprint density at radius 1 is 1.39 bits per heavy atom. The van der Waals surface area contributed by atoms with Crippen LogP contribution in [-0.2, 0) is 9.59 Å². The highest BCUT2D eigenvalue weighted by Gasteiger charge is 2.27. The van der Waals surface area contributed by atoms with Gasteiger partial charge >= 0.3 is 0 Å². The van der Waals surface area contributed by atoms with Gasteiger partial charge in [-0.3, -0.25) is 19.7 Å². The van der Waals surface area contributed by atoms with E-state index in [9.17, 15) is 18.8 Å². The van der Waals surface area contributed by atoms with Gasteiger partial charge in [-0.15, -0.1) is 0 Å². The van der Waals surface area contributed by atoms with Crippen LogP contribution in [0.4, 0.5) is 4.39 Å². The van der Waals surface area contributed by atoms with Gasteiger partial charge in [0.1, 0.15) is 11.9 Å². The lowest BCUT2D eigenvalue weighted by molar-refractivity contribution is -0.134. The molecule has 0 unspecified atom stereocenters. The highest BCUT2D eigenvalue weighted by Crippen LogP contribution is 2.07. The molecule has 0 radical (unpaired) electrons. The smallest absolute Gasteiger partial charge is 0.252 e. The zero-order valence-electron chi connectivity index (χ0n) is 9.40. The number of benzene rings is 1. The third-order valence-electron chi connectivity index (χ3n) is 2.63. The van der Waals surface area contributed by atoms with Gasteiger partial charge in [0.2, 0.25) is 11.8 Å². The molecule has 0 aromatic heterocycles. The first kappa shape index (κ1) is 12.2. The second-order valence-electron chi connectivity index (χ2n) is 3.99. The maximum absolute atomic E-state index is 12.9. The standard InChI is InChI=1S/C12H11FN2O3/c13-8-3-1-2-7(6-8)11(17)14-9-4-5-10(16)15-12(9)18/h1-3,6,9H,4-5H2,(H,14,17)(H,15,16,18)/t9-/m1/s1. The quantitative estimate of drug-likeness (QED) is 0.744. The summed E-state index contributed by atoms with van der Waals surface area (Å²) in [7, 11) is 0. The normalized spacial score (nSPS) is 19.3. The Labute approximate surface area is 102 Å². The molecule has 1 aromatic carbocycles. The van der Waals surface area contributed by atoms with Gasteiger partial charge in [-0.2, -0.15) is 0 Å². The lowest BCUT2D eigenvalue weighted by Gasteiger charge is -2.21. The SMILES string of the molecule is O=C1CC[C@@H](NC(=O)c2cccc(F)c2)C(=O)N1. The minimum Gasteiger partial charge on any atom is -0.340 e.